The molecule has 2 rings (SSSR count). The van der Waals surface area contributed by atoms with E-state index in [1.165, 1.54) is 45.1 Å². The van der Waals surface area contributed by atoms with Crippen molar-refractivity contribution in [3.63, 3.8) is 0 Å². The molecule has 2 atom stereocenters. The molecule has 2 fully saturated rings. The van der Waals surface area contributed by atoms with E-state index in [1.807, 2.05) is 0 Å². The van der Waals surface area contributed by atoms with Crippen LogP contribution in [0.2, 0.25) is 0 Å². The third-order valence-corrected chi connectivity index (χ3v) is 4.93. The number of nitrogens with one attached hydrogen (secondary N) is 2. The zero-order chi connectivity index (χ0) is 14.1. The van der Waals surface area contributed by atoms with Crippen molar-refractivity contribution >= 4 is 0 Å². The van der Waals surface area contributed by atoms with E-state index in [4.69, 9.17) is 0 Å². The number of rotatable bonds is 3. The summed E-state index contributed by atoms with van der Waals surface area (Å²) in [6.07, 6.45) is 8.26. The Hall–Kier alpha value is -0.0800. The molecule has 1 aliphatic heterocycles. The summed E-state index contributed by atoms with van der Waals surface area (Å²) in [7, 11) is 0. The maximum absolute atomic E-state index is 3.88. The molecule has 112 valence electrons. The standard InChI is InChI=1S/C17H34N2/c1-13-7-6-8-14(9-13)12-18-15-10-16(2,3)19-17(4,5)11-15/h13-15,18-19H,6-12H2,1-5H3. The van der Waals surface area contributed by atoms with Crippen molar-refractivity contribution in [3.05, 3.63) is 0 Å². The monoisotopic (exact) mass is 266 g/mol. The number of hydrogen-bond acceptors (Lipinski definition) is 2. The van der Waals surface area contributed by atoms with Crippen LogP contribution in [-0.4, -0.2) is 23.7 Å². The summed E-state index contributed by atoms with van der Waals surface area (Å²) >= 11 is 0. The van der Waals surface area contributed by atoms with Gasteiger partial charge < -0.3 is 10.6 Å². The smallest absolute Gasteiger partial charge is 0.0144 e. The highest BCUT2D eigenvalue weighted by atomic mass is 15.1. The van der Waals surface area contributed by atoms with Gasteiger partial charge in [0.25, 0.3) is 0 Å². The van der Waals surface area contributed by atoms with Crippen LogP contribution < -0.4 is 10.6 Å². The fourth-order valence-electron chi connectivity index (χ4n) is 4.55. The fraction of sp³-hybridized carbons (Fsp3) is 1.00. The molecule has 0 aromatic carbocycles. The van der Waals surface area contributed by atoms with Crippen LogP contribution in [0.15, 0.2) is 0 Å². The summed E-state index contributed by atoms with van der Waals surface area (Å²) < 4.78 is 0. The third kappa shape index (κ3) is 4.75. The number of piperidine rings is 1. The highest BCUT2D eigenvalue weighted by Crippen LogP contribution is 2.31. The van der Waals surface area contributed by atoms with Crippen molar-refractivity contribution in [3.8, 4) is 0 Å². The first-order chi connectivity index (χ1) is 8.76. The lowest BCUT2D eigenvalue weighted by molar-refractivity contribution is 0.139. The minimum absolute atomic E-state index is 0.263. The molecule has 1 aliphatic carbocycles. The Morgan fingerprint density at radius 2 is 1.68 bits per heavy atom. The fourth-order valence-corrected chi connectivity index (χ4v) is 4.55. The molecule has 0 amide bonds. The predicted molar refractivity (Wildman–Crippen MR) is 83.4 cm³/mol. The van der Waals surface area contributed by atoms with Crippen molar-refractivity contribution in [1.82, 2.24) is 10.6 Å². The van der Waals surface area contributed by atoms with Gasteiger partial charge in [0.05, 0.1) is 0 Å². The Morgan fingerprint density at radius 3 is 2.26 bits per heavy atom. The van der Waals surface area contributed by atoms with E-state index >= 15 is 0 Å². The molecule has 2 unspecified atom stereocenters. The van der Waals surface area contributed by atoms with Crippen LogP contribution >= 0.6 is 0 Å². The average Bonchev–Trinajstić information content (AvgIpc) is 2.22. The zero-order valence-corrected chi connectivity index (χ0v) is 13.7. The van der Waals surface area contributed by atoms with Gasteiger partial charge in [0.1, 0.15) is 0 Å². The minimum atomic E-state index is 0.263. The van der Waals surface area contributed by atoms with Gasteiger partial charge in [0.2, 0.25) is 0 Å². The van der Waals surface area contributed by atoms with Crippen LogP contribution in [0.3, 0.4) is 0 Å². The Kier molecular flexibility index (Phi) is 4.62. The van der Waals surface area contributed by atoms with Crippen molar-refractivity contribution < 1.29 is 0 Å². The molecule has 1 saturated heterocycles. The second-order valence-corrected chi connectivity index (χ2v) is 8.54. The van der Waals surface area contributed by atoms with Gasteiger partial charge in [-0.05, 0) is 71.8 Å². The Labute approximate surface area is 120 Å². The van der Waals surface area contributed by atoms with Crippen LogP contribution in [-0.2, 0) is 0 Å². The van der Waals surface area contributed by atoms with E-state index < -0.39 is 0 Å². The van der Waals surface area contributed by atoms with Gasteiger partial charge >= 0.3 is 0 Å². The first-order valence-electron chi connectivity index (χ1n) is 8.28. The van der Waals surface area contributed by atoms with Gasteiger partial charge in [-0.3, -0.25) is 0 Å². The van der Waals surface area contributed by atoms with Crippen LogP contribution in [0, 0.1) is 11.8 Å². The highest BCUT2D eigenvalue weighted by molar-refractivity contribution is 4.99. The van der Waals surface area contributed by atoms with E-state index in [9.17, 15) is 0 Å². The maximum Gasteiger partial charge on any atom is 0.0144 e. The molecule has 0 aromatic rings. The topological polar surface area (TPSA) is 24.1 Å². The van der Waals surface area contributed by atoms with E-state index in [0.717, 1.165) is 11.8 Å². The Bertz CT molecular complexity index is 280. The second-order valence-electron chi connectivity index (χ2n) is 8.54. The van der Waals surface area contributed by atoms with Gasteiger partial charge in [0.15, 0.2) is 0 Å². The van der Waals surface area contributed by atoms with Crippen LogP contribution in [0.5, 0.6) is 0 Å². The summed E-state index contributed by atoms with van der Waals surface area (Å²) in [6.45, 7) is 13.0. The summed E-state index contributed by atoms with van der Waals surface area (Å²) in [4.78, 5) is 0. The van der Waals surface area contributed by atoms with Gasteiger partial charge in [-0.2, -0.15) is 0 Å². The maximum atomic E-state index is 3.88. The SMILES string of the molecule is CC1CCCC(CNC2CC(C)(C)NC(C)(C)C2)C1. The molecule has 2 aliphatic rings. The molecule has 1 saturated carbocycles. The molecule has 0 bridgehead atoms. The molecular formula is C17H34N2. The van der Waals surface area contributed by atoms with Crippen molar-refractivity contribution in [2.24, 2.45) is 11.8 Å². The quantitative estimate of drug-likeness (QED) is 0.813. The molecule has 1 heterocycles. The summed E-state index contributed by atoms with van der Waals surface area (Å²) in [6, 6.07) is 0.684. The lowest BCUT2D eigenvalue weighted by Crippen LogP contribution is -2.61. The van der Waals surface area contributed by atoms with Crippen LogP contribution in [0.1, 0.15) is 73.1 Å². The summed E-state index contributed by atoms with van der Waals surface area (Å²) in [5.74, 6) is 1.87. The minimum Gasteiger partial charge on any atom is -0.314 e. The molecular weight excluding hydrogens is 232 g/mol. The molecule has 19 heavy (non-hydrogen) atoms. The Balaban J connectivity index is 1.82. The van der Waals surface area contributed by atoms with E-state index in [0.29, 0.717) is 6.04 Å². The van der Waals surface area contributed by atoms with E-state index in [-0.39, 0.29) is 11.1 Å². The summed E-state index contributed by atoms with van der Waals surface area (Å²) in [5.41, 5.74) is 0.526. The largest absolute Gasteiger partial charge is 0.314 e. The first kappa shape index (κ1) is 15.3. The highest BCUT2D eigenvalue weighted by Gasteiger charge is 2.37. The van der Waals surface area contributed by atoms with Crippen molar-refractivity contribution in [1.29, 1.82) is 0 Å². The summed E-state index contributed by atoms with van der Waals surface area (Å²) in [5, 5.41) is 7.65. The molecule has 2 heteroatoms. The normalized spacial score (nSPS) is 35.2. The predicted octanol–water partition coefficient (Wildman–Crippen LogP) is 3.71. The lowest BCUT2D eigenvalue weighted by Gasteiger charge is -2.47. The molecule has 2 nitrogen and oxygen atoms in total. The van der Waals surface area contributed by atoms with Crippen LogP contribution in [0.25, 0.3) is 0 Å². The van der Waals surface area contributed by atoms with Gasteiger partial charge in [0, 0.05) is 17.1 Å². The molecule has 0 radical (unpaired) electrons. The molecule has 0 aromatic heterocycles. The Morgan fingerprint density at radius 1 is 1.05 bits per heavy atom. The van der Waals surface area contributed by atoms with E-state index in [1.54, 1.807) is 0 Å². The third-order valence-electron chi connectivity index (χ3n) is 4.93. The second kappa shape index (κ2) is 5.73. The lowest BCUT2D eigenvalue weighted by atomic mass is 9.78. The van der Waals surface area contributed by atoms with Crippen LogP contribution in [0.4, 0.5) is 0 Å². The van der Waals surface area contributed by atoms with Gasteiger partial charge in [-0.25, -0.2) is 0 Å². The number of hydrogen-bond donors (Lipinski definition) is 2. The zero-order valence-electron chi connectivity index (χ0n) is 13.7. The van der Waals surface area contributed by atoms with Crippen molar-refractivity contribution in [2.75, 3.05) is 6.54 Å². The molecule has 2 N–H and O–H groups in total. The molecule has 0 spiro atoms. The van der Waals surface area contributed by atoms with E-state index in [2.05, 4.69) is 45.3 Å². The van der Waals surface area contributed by atoms with Crippen molar-refractivity contribution in [2.45, 2.75) is 90.3 Å². The van der Waals surface area contributed by atoms with Gasteiger partial charge in [-0.1, -0.05) is 19.8 Å². The first-order valence-corrected chi connectivity index (χ1v) is 8.28. The van der Waals surface area contributed by atoms with Gasteiger partial charge in [-0.15, -0.1) is 0 Å². The average molecular weight is 266 g/mol.